The zero-order valence-corrected chi connectivity index (χ0v) is 19.4. The van der Waals surface area contributed by atoms with Crippen LogP contribution in [0.5, 0.6) is 0 Å². The lowest BCUT2D eigenvalue weighted by molar-refractivity contribution is -0.387. The van der Waals surface area contributed by atoms with Crippen LogP contribution < -0.4 is 10.2 Å². The number of nitro benzene ring substituents is 1. The zero-order chi connectivity index (χ0) is 24.1. The summed E-state index contributed by atoms with van der Waals surface area (Å²) >= 11 is 0. The third kappa shape index (κ3) is 3.94. The molecule has 36 heavy (non-hydrogen) atoms. The molecule has 0 spiro atoms. The molecule has 6 rings (SSSR count). The fourth-order valence-electron chi connectivity index (χ4n) is 5.32. The van der Waals surface area contributed by atoms with Gasteiger partial charge >= 0.3 is 5.69 Å². The van der Waals surface area contributed by atoms with Gasteiger partial charge in [0.1, 0.15) is 5.69 Å². The van der Waals surface area contributed by atoms with Crippen molar-refractivity contribution < 1.29 is 9.31 Å². The molecule has 0 bridgehead atoms. The summed E-state index contributed by atoms with van der Waals surface area (Å²) in [4.78, 5) is 22.3. The number of nitro groups is 1. The quantitative estimate of drug-likeness (QED) is 0.259. The number of nitrogens with zero attached hydrogens (tertiary/aromatic N) is 5. The molecule has 186 valence electrons. The van der Waals surface area contributed by atoms with Crippen molar-refractivity contribution in [3.63, 3.8) is 0 Å². The van der Waals surface area contributed by atoms with Crippen LogP contribution in [0, 0.1) is 22.9 Å². The van der Waals surface area contributed by atoms with Gasteiger partial charge in [0.25, 0.3) is 0 Å². The zero-order valence-electron chi connectivity index (χ0n) is 19.4. The van der Waals surface area contributed by atoms with Crippen LogP contribution >= 0.6 is 0 Å². The van der Waals surface area contributed by atoms with E-state index in [0.29, 0.717) is 17.2 Å². The van der Waals surface area contributed by atoms with Crippen LogP contribution in [0.2, 0.25) is 0 Å². The number of para-hydroxylation sites is 1. The Hall–Kier alpha value is -4.01. The molecule has 1 fully saturated rings. The number of nitrogens with one attached hydrogen (secondary N) is 1. The van der Waals surface area contributed by atoms with Gasteiger partial charge in [0.05, 0.1) is 28.0 Å². The van der Waals surface area contributed by atoms with Crippen molar-refractivity contribution >= 4 is 33.9 Å². The molecule has 4 aromatic rings. The number of benzene rings is 2. The van der Waals surface area contributed by atoms with E-state index < -0.39 is 16.4 Å². The van der Waals surface area contributed by atoms with E-state index in [1.165, 1.54) is 22.5 Å². The minimum absolute atomic E-state index is 0. The van der Waals surface area contributed by atoms with E-state index in [9.17, 15) is 14.5 Å². The highest BCUT2D eigenvalue weighted by molar-refractivity contribution is 6.00. The lowest BCUT2D eigenvalue weighted by Crippen LogP contribution is -2.19. The lowest BCUT2D eigenvalue weighted by atomic mass is 10.0. The standard InChI is InChI=1S/C26H25FN6O2.CH4/c1-16-12-20(27)22(33(34)35)13-21(16)29-26-28-14-23(31-9-2-3-10-31)24(30-26)19-15-32-11-5-7-17-6-4-8-18(19)25(17)32;/h4,6,8,12-15H,2-3,5,7,9-11H2,1H3,(H,28,29,30);1H4. The van der Waals surface area contributed by atoms with Crippen LogP contribution in [0.15, 0.2) is 42.7 Å². The van der Waals surface area contributed by atoms with E-state index >= 15 is 0 Å². The van der Waals surface area contributed by atoms with Gasteiger partial charge in [-0.25, -0.2) is 9.97 Å². The van der Waals surface area contributed by atoms with Crippen LogP contribution in [0.1, 0.15) is 37.8 Å². The summed E-state index contributed by atoms with van der Waals surface area (Å²) in [5, 5.41) is 15.5. The van der Waals surface area contributed by atoms with Gasteiger partial charge in [-0.2, -0.15) is 4.39 Å². The van der Waals surface area contributed by atoms with Gasteiger partial charge in [0.15, 0.2) is 0 Å². The van der Waals surface area contributed by atoms with E-state index in [0.717, 1.165) is 68.3 Å². The van der Waals surface area contributed by atoms with Crippen molar-refractivity contribution in [3.05, 3.63) is 69.8 Å². The van der Waals surface area contributed by atoms with Crippen LogP contribution in [-0.2, 0) is 13.0 Å². The Morgan fingerprint density at radius 1 is 1.14 bits per heavy atom. The summed E-state index contributed by atoms with van der Waals surface area (Å²) in [6, 6.07) is 8.80. The molecule has 8 nitrogen and oxygen atoms in total. The van der Waals surface area contributed by atoms with E-state index in [1.54, 1.807) is 6.92 Å². The third-order valence-electron chi connectivity index (χ3n) is 7.04. The average Bonchev–Trinajstić information content (AvgIpc) is 3.51. The highest BCUT2D eigenvalue weighted by Crippen LogP contribution is 2.40. The summed E-state index contributed by atoms with van der Waals surface area (Å²) in [5.41, 5.74) is 5.84. The summed E-state index contributed by atoms with van der Waals surface area (Å²) in [7, 11) is 0. The fraction of sp³-hybridized carbons (Fsp3) is 0.333. The van der Waals surface area contributed by atoms with Crippen LogP contribution in [0.25, 0.3) is 22.2 Å². The van der Waals surface area contributed by atoms with E-state index in [-0.39, 0.29) is 7.43 Å². The molecule has 9 heteroatoms. The van der Waals surface area contributed by atoms with Gasteiger partial charge in [0, 0.05) is 42.8 Å². The largest absolute Gasteiger partial charge is 0.369 e. The Balaban J connectivity index is 0.00000267. The molecule has 0 atom stereocenters. The van der Waals surface area contributed by atoms with E-state index in [1.807, 2.05) is 6.20 Å². The Labute approximate surface area is 208 Å². The molecule has 2 aromatic carbocycles. The van der Waals surface area contributed by atoms with Gasteiger partial charge in [-0.1, -0.05) is 25.6 Å². The van der Waals surface area contributed by atoms with Gasteiger partial charge in [0.2, 0.25) is 11.8 Å². The molecule has 2 aliphatic rings. The second kappa shape index (κ2) is 9.22. The van der Waals surface area contributed by atoms with Gasteiger partial charge in [-0.3, -0.25) is 10.1 Å². The topological polar surface area (TPSA) is 89.1 Å². The first-order chi connectivity index (χ1) is 17.0. The SMILES string of the molecule is C.Cc1cc(F)c([N+](=O)[O-])cc1Nc1ncc(N2CCCC2)c(-c2cn3c4c(cccc24)CCC3)n1. The van der Waals surface area contributed by atoms with Crippen molar-refractivity contribution in [3.8, 4) is 11.3 Å². The van der Waals surface area contributed by atoms with Crippen LogP contribution in [0.4, 0.5) is 27.4 Å². The summed E-state index contributed by atoms with van der Waals surface area (Å²) in [6.07, 6.45) is 8.45. The first-order valence-corrected chi connectivity index (χ1v) is 11.9. The maximum Gasteiger partial charge on any atom is 0.306 e. The Morgan fingerprint density at radius 3 is 2.72 bits per heavy atom. The van der Waals surface area contributed by atoms with Crippen molar-refractivity contribution in [2.75, 3.05) is 23.3 Å². The highest BCUT2D eigenvalue weighted by atomic mass is 19.1. The molecule has 1 N–H and O–H groups in total. The molecule has 2 aliphatic heterocycles. The maximum absolute atomic E-state index is 14.0. The predicted octanol–water partition coefficient (Wildman–Crippen LogP) is 6.38. The first kappa shape index (κ1) is 23.7. The molecule has 0 amide bonds. The average molecular weight is 489 g/mol. The van der Waals surface area contributed by atoms with E-state index in [4.69, 9.17) is 4.98 Å². The summed E-state index contributed by atoms with van der Waals surface area (Å²) in [6.45, 7) is 4.58. The molecule has 0 aliphatic carbocycles. The fourth-order valence-corrected chi connectivity index (χ4v) is 5.32. The van der Waals surface area contributed by atoms with Crippen LogP contribution in [-0.4, -0.2) is 32.5 Å². The Kier molecular flexibility index (Phi) is 6.07. The molecule has 0 radical (unpaired) electrons. The number of rotatable bonds is 5. The monoisotopic (exact) mass is 488 g/mol. The lowest BCUT2D eigenvalue weighted by Gasteiger charge is -2.21. The van der Waals surface area contributed by atoms with Crippen molar-refractivity contribution in [2.45, 2.75) is 46.6 Å². The van der Waals surface area contributed by atoms with Gasteiger partial charge in [-0.15, -0.1) is 0 Å². The van der Waals surface area contributed by atoms with Crippen LogP contribution in [0.3, 0.4) is 0 Å². The number of anilines is 3. The number of aryl methyl sites for hydroxylation is 3. The number of aromatic nitrogens is 3. The molecule has 2 aromatic heterocycles. The summed E-state index contributed by atoms with van der Waals surface area (Å²) in [5.74, 6) is -0.544. The number of hydrogen-bond donors (Lipinski definition) is 1. The smallest absolute Gasteiger partial charge is 0.306 e. The Morgan fingerprint density at radius 2 is 1.94 bits per heavy atom. The molecule has 0 unspecified atom stereocenters. The first-order valence-electron chi connectivity index (χ1n) is 11.9. The Bertz CT molecular complexity index is 1480. The highest BCUT2D eigenvalue weighted by Gasteiger charge is 2.24. The van der Waals surface area contributed by atoms with Gasteiger partial charge in [-0.05, 0) is 49.8 Å². The van der Waals surface area contributed by atoms with Gasteiger partial charge < -0.3 is 14.8 Å². The van der Waals surface area contributed by atoms with Crippen molar-refractivity contribution in [2.24, 2.45) is 0 Å². The molecule has 4 heterocycles. The molecular weight excluding hydrogens is 459 g/mol. The minimum Gasteiger partial charge on any atom is -0.369 e. The minimum atomic E-state index is -0.863. The molecule has 0 saturated carbocycles. The second-order valence-corrected chi connectivity index (χ2v) is 9.28. The second-order valence-electron chi connectivity index (χ2n) is 9.28. The van der Waals surface area contributed by atoms with E-state index in [2.05, 4.69) is 44.2 Å². The van der Waals surface area contributed by atoms with Crippen molar-refractivity contribution in [1.82, 2.24) is 14.5 Å². The van der Waals surface area contributed by atoms with Crippen molar-refractivity contribution in [1.29, 1.82) is 0 Å². The normalized spacial score (nSPS) is 14.7. The maximum atomic E-state index is 14.0. The molecular formula is C27H29FN6O2. The number of halogens is 1. The third-order valence-corrected chi connectivity index (χ3v) is 7.04. The number of hydrogen-bond acceptors (Lipinski definition) is 6. The summed E-state index contributed by atoms with van der Waals surface area (Å²) < 4.78 is 16.4. The predicted molar refractivity (Wildman–Crippen MR) is 141 cm³/mol. The molecule has 1 saturated heterocycles.